The van der Waals surface area contributed by atoms with E-state index in [4.69, 9.17) is 4.74 Å². The number of ether oxygens (including phenoxy) is 1. The molecule has 0 aromatic carbocycles. The molecule has 2 heteroatoms. The van der Waals surface area contributed by atoms with Gasteiger partial charge in [-0.2, -0.15) is 0 Å². The van der Waals surface area contributed by atoms with E-state index in [9.17, 15) is 0 Å². The summed E-state index contributed by atoms with van der Waals surface area (Å²) in [6.07, 6.45) is 9.32. The Morgan fingerprint density at radius 3 is 2.29 bits per heavy atom. The molecule has 0 amide bonds. The van der Waals surface area contributed by atoms with E-state index in [-0.39, 0.29) is 5.60 Å². The molecule has 0 spiro atoms. The van der Waals surface area contributed by atoms with Crippen molar-refractivity contribution in [1.29, 1.82) is 0 Å². The zero-order valence-electron chi connectivity index (χ0n) is 12.4. The van der Waals surface area contributed by atoms with Gasteiger partial charge in [0, 0.05) is 13.2 Å². The Bertz CT molecular complexity index is 219. The van der Waals surface area contributed by atoms with Crippen molar-refractivity contribution in [3.63, 3.8) is 0 Å². The third-order valence-corrected chi connectivity index (χ3v) is 4.98. The molecular weight excluding hydrogens is 210 g/mol. The van der Waals surface area contributed by atoms with Crippen molar-refractivity contribution in [2.45, 2.75) is 77.4 Å². The second-order valence-electron chi connectivity index (χ2n) is 6.27. The van der Waals surface area contributed by atoms with Gasteiger partial charge in [0.05, 0.1) is 5.60 Å². The minimum atomic E-state index is 0.0165. The lowest BCUT2D eigenvalue weighted by Gasteiger charge is -2.38. The molecule has 1 fully saturated rings. The summed E-state index contributed by atoms with van der Waals surface area (Å²) in [7, 11) is 3.94. The van der Waals surface area contributed by atoms with Crippen LogP contribution in [0.3, 0.4) is 0 Å². The summed E-state index contributed by atoms with van der Waals surface area (Å²) in [5.74, 6) is 0. The Morgan fingerprint density at radius 1 is 1.29 bits per heavy atom. The maximum atomic E-state index is 5.53. The lowest BCUT2D eigenvalue weighted by atomic mass is 9.73. The van der Waals surface area contributed by atoms with Crippen molar-refractivity contribution < 1.29 is 4.74 Å². The summed E-state index contributed by atoms with van der Waals surface area (Å²) in [6.45, 7) is 6.73. The van der Waals surface area contributed by atoms with Gasteiger partial charge in [-0.3, -0.25) is 0 Å². The zero-order valence-corrected chi connectivity index (χ0v) is 12.4. The van der Waals surface area contributed by atoms with Gasteiger partial charge < -0.3 is 10.1 Å². The second-order valence-corrected chi connectivity index (χ2v) is 6.27. The van der Waals surface area contributed by atoms with Gasteiger partial charge in [-0.25, -0.2) is 0 Å². The van der Waals surface area contributed by atoms with Gasteiger partial charge in [0.15, 0.2) is 0 Å². The molecule has 0 heterocycles. The lowest BCUT2D eigenvalue weighted by Crippen LogP contribution is -2.43. The highest BCUT2D eigenvalue weighted by molar-refractivity contribution is 4.94. The molecule has 1 N–H and O–H groups in total. The molecule has 0 bridgehead atoms. The summed E-state index contributed by atoms with van der Waals surface area (Å²) < 4.78 is 5.53. The topological polar surface area (TPSA) is 21.3 Å². The third-order valence-electron chi connectivity index (χ3n) is 4.98. The summed E-state index contributed by atoms with van der Waals surface area (Å²) in [5.41, 5.74) is 0.571. The van der Waals surface area contributed by atoms with E-state index in [2.05, 4.69) is 33.1 Å². The van der Waals surface area contributed by atoms with Gasteiger partial charge in [0.2, 0.25) is 0 Å². The SMILES string of the molecule is CCC1(C(CCC(C)(C)OC)NC)CCCC1. The summed E-state index contributed by atoms with van der Waals surface area (Å²) in [6, 6.07) is 0.657. The van der Waals surface area contributed by atoms with Crippen LogP contribution in [0.25, 0.3) is 0 Å². The summed E-state index contributed by atoms with van der Waals surface area (Å²) >= 11 is 0. The molecule has 1 aliphatic carbocycles. The first-order chi connectivity index (χ1) is 7.99. The predicted octanol–water partition coefficient (Wildman–Crippen LogP) is 3.75. The van der Waals surface area contributed by atoms with Crippen LogP contribution in [0.5, 0.6) is 0 Å². The Morgan fingerprint density at radius 2 is 1.88 bits per heavy atom. The highest BCUT2D eigenvalue weighted by Gasteiger charge is 2.39. The van der Waals surface area contributed by atoms with Crippen molar-refractivity contribution in [2.24, 2.45) is 5.41 Å². The Labute approximate surface area is 108 Å². The zero-order chi connectivity index (χ0) is 12.9. The molecule has 0 saturated heterocycles. The highest BCUT2D eigenvalue weighted by atomic mass is 16.5. The molecule has 1 rings (SSSR count). The van der Waals surface area contributed by atoms with E-state index < -0.39 is 0 Å². The summed E-state index contributed by atoms with van der Waals surface area (Å²) in [5, 5.41) is 3.58. The molecule has 2 nitrogen and oxygen atoms in total. The molecule has 0 aliphatic heterocycles. The predicted molar refractivity (Wildman–Crippen MR) is 74.4 cm³/mol. The van der Waals surface area contributed by atoms with Gasteiger partial charge >= 0.3 is 0 Å². The van der Waals surface area contributed by atoms with Crippen LogP contribution in [0.1, 0.15) is 65.7 Å². The van der Waals surface area contributed by atoms with Crippen molar-refractivity contribution >= 4 is 0 Å². The first kappa shape index (κ1) is 15.0. The average Bonchev–Trinajstić information content (AvgIpc) is 2.80. The molecule has 102 valence electrons. The van der Waals surface area contributed by atoms with Crippen LogP contribution < -0.4 is 5.32 Å². The van der Waals surface area contributed by atoms with Gasteiger partial charge in [-0.1, -0.05) is 19.8 Å². The normalized spacial score (nSPS) is 21.7. The van der Waals surface area contributed by atoms with Crippen LogP contribution in [0.4, 0.5) is 0 Å². The number of methoxy groups -OCH3 is 1. The molecule has 1 unspecified atom stereocenters. The standard InChI is InChI=1S/C15H31NO/c1-6-15(10-7-8-11-15)13(16-4)9-12-14(2,3)17-5/h13,16H,6-12H2,1-5H3. The van der Waals surface area contributed by atoms with Crippen molar-refractivity contribution in [2.75, 3.05) is 14.2 Å². The maximum Gasteiger partial charge on any atom is 0.0623 e. The van der Waals surface area contributed by atoms with Gasteiger partial charge in [-0.15, -0.1) is 0 Å². The van der Waals surface area contributed by atoms with Crippen LogP contribution in [0.2, 0.25) is 0 Å². The van der Waals surface area contributed by atoms with Crippen LogP contribution >= 0.6 is 0 Å². The number of nitrogens with one attached hydrogen (secondary N) is 1. The molecule has 0 aromatic rings. The van der Waals surface area contributed by atoms with E-state index in [1.54, 1.807) is 0 Å². The van der Waals surface area contributed by atoms with Gasteiger partial charge in [-0.05, 0) is 58.4 Å². The first-order valence-electron chi connectivity index (χ1n) is 7.22. The summed E-state index contributed by atoms with van der Waals surface area (Å²) in [4.78, 5) is 0. The minimum absolute atomic E-state index is 0.0165. The molecule has 1 saturated carbocycles. The molecule has 1 atom stereocenters. The van der Waals surface area contributed by atoms with Crippen molar-refractivity contribution in [3.8, 4) is 0 Å². The maximum absolute atomic E-state index is 5.53. The Hall–Kier alpha value is -0.0800. The molecule has 17 heavy (non-hydrogen) atoms. The largest absolute Gasteiger partial charge is 0.379 e. The monoisotopic (exact) mass is 241 g/mol. The van der Waals surface area contributed by atoms with E-state index in [1.165, 1.54) is 38.5 Å². The van der Waals surface area contributed by atoms with E-state index in [1.807, 2.05) is 7.11 Å². The van der Waals surface area contributed by atoms with Crippen LogP contribution in [0.15, 0.2) is 0 Å². The molecule has 1 aliphatic rings. The Kier molecular flexibility index (Phi) is 5.46. The van der Waals surface area contributed by atoms with Crippen molar-refractivity contribution in [1.82, 2.24) is 5.32 Å². The van der Waals surface area contributed by atoms with Gasteiger partial charge in [0.1, 0.15) is 0 Å². The minimum Gasteiger partial charge on any atom is -0.379 e. The average molecular weight is 241 g/mol. The van der Waals surface area contributed by atoms with Crippen LogP contribution in [0, 0.1) is 5.41 Å². The van der Waals surface area contributed by atoms with E-state index in [0.29, 0.717) is 11.5 Å². The molecule has 0 radical (unpaired) electrons. The smallest absolute Gasteiger partial charge is 0.0623 e. The fourth-order valence-electron chi connectivity index (χ4n) is 3.38. The Balaban J connectivity index is 2.58. The number of hydrogen-bond donors (Lipinski definition) is 1. The van der Waals surface area contributed by atoms with E-state index >= 15 is 0 Å². The fraction of sp³-hybridized carbons (Fsp3) is 1.00. The second kappa shape index (κ2) is 6.19. The fourth-order valence-corrected chi connectivity index (χ4v) is 3.38. The van der Waals surface area contributed by atoms with Crippen LogP contribution in [-0.2, 0) is 4.74 Å². The quantitative estimate of drug-likeness (QED) is 0.733. The van der Waals surface area contributed by atoms with Crippen LogP contribution in [-0.4, -0.2) is 25.8 Å². The van der Waals surface area contributed by atoms with Gasteiger partial charge in [0.25, 0.3) is 0 Å². The highest BCUT2D eigenvalue weighted by Crippen LogP contribution is 2.45. The molecule has 0 aromatic heterocycles. The third kappa shape index (κ3) is 3.69. The number of hydrogen-bond acceptors (Lipinski definition) is 2. The molecular formula is C15H31NO. The lowest BCUT2D eigenvalue weighted by molar-refractivity contribution is 0.00689. The van der Waals surface area contributed by atoms with E-state index in [0.717, 1.165) is 6.42 Å². The first-order valence-corrected chi connectivity index (χ1v) is 7.22. The number of rotatable bonds is 7. The van der Waals surface area contributed by atoms with Crippen molar-refractivity contribution in [3.05, 3.63) is 0 Å².